The quantitative estimate of drug-likeness (QED) is 0.0452. The molecule has 2 aliphatic carbocycles. The van der Waals surface area contributed by atoms with Crippen molar-refractivity contribution in [3.8, 4) is 23.1 Å². The second kappa shape index (κ2) is 19.2. The summed E-state index contributed by atoms with van der Waals surface area (Å²) in [5, 5.41) is 2.83. The summed E-state index contributed by atoms with van der Waals surface area (Å²) in [6.45, 7) is 2.58. The van der Waals surface area contributed by atoms with Crippen molar-refractivity contribution in [2.45, 2.75) is 23.3 Å². The molecule has 3 aliphatic rings. The van der Waals surface area contributed by atoms with Gasteiger partial charge in [-0.2, -0.15) is 15.0 Å². The number of hydrogen-bond donors (Lipinski definition) is 2. The molecule has 0 bridgehead atoms. The van der Waals surface area contributed by atoms with Crippen molar-refractivity contribution in [1.82, 2.24) is 29.2 Å². The summed E-state index contributed by atoms with van der Waals surface area (Å²) >= 11 is 5.93. The van der Waals surface area contributed by atoms with Crippen LogP contribution in [-0.2, 0) is 36.9 Å². The SMILES string of the molecule is CCN(Cc1cccc(S(=O)(=O)[O-])c1)c1ccc2nc3ccc(=[N+]=C4C=CC(Nc5nc(Cl)nc(OC)n5)=CC4=S(=O)([O-])O)cc-3n(-c3ccc(S(=O)(=O)[O-])cc3)c2c1.[Na+].[Na+]. The van der Waals surface area contributed by atoms with Crippen molar-refractivity contribution in [2.75, 3.05) is 23.9 Å². The fraction of sp³-hybridized carbons (Fsp3) is 0.108. The third kappa shape index (κ3) is 11.2. The fourth-order valence-electron chi connectivity index (χ4n) is 6.18. The number of anilines is 2. The summed E-state index contributed by atoms with van der Waals surface area (Å²) in [6.07, 6.45) is 3.94. The van der Waals surface area contributed by atoms with E-state index in [0.29, 0.717) is 45.9 Å². The second-order valence-corrected chi connectivity index (χ2v) is 17.2. The predicted molar refractivity (Wildman–Crippen MR) is 216 cm³/mol. The van der Waals surface area contributed by atoms with Gasteiger partial charge in [-0.25, -0.2) is 21.8 Å². The van der Waals surface area contributed by atoms with Gasteiger partial charge in [0.25, 0.3) is 0 Å². The zero-order valence-electron chi connectivity index (χ0n) is 32.6. The first-order valence-electron chi connectivity index (χ1n) is 17.1. The Morgan fingerprint density at radius 1 is 0.852 bits per heavy atom. The summed E-state index contributed by atoms with van der Waals surface area (Å²) in [4.78, 5) is 17.2. The molecule has 1 atom stereocenters. The van der Waals surface area contributed by atoms with E-state index >= 15 is 0 Å². The Morgan fingerprint density at radius 2 is 1.57 bits per heavy atom. The number of hydrogen-bond acceptors (Lipinski definition) is 15. The van der Waals surface area contributed by atoms with Crippen LogP contribution < -0.4 is 84.1 Å². The zero-order valence-corrected chi connectivity index (χ0v) is 39.8. The molecule has 0 spiro atoms. The molecule has 1 aromatic heterocycles. The van der Waals surface area contributed by atoms with Crippen LogP contribution in [0.25, 0.3) is 28.1 Å². The van der Waals surface area contributed by atoms with Crippen LogP contribution in [0.4, 0.5) is 11.6 Å². The largest absolute Gasteiger partial charge is 1.00 e. The van der Waals surface area contributed by atoms with Gasteiger partial charge in [0.1, 0.15) is 25.1 Å². The van der Waals surface area contributed by atoms with Gasteiger partial charge < -0.3 is 37.7 Å². The number of allylic oxidation sites excluding steroid dienone is 3. The van der Waals surface area contributed by atoms with Crippen LogP contribution in [-0.4, -0.2) is 88.0 Å². The molecule has 0 saturated heterocycles. The molecular weight excluding hydrogens is 894 g/mol. The second-order valence-electron chi connectivity index (χ2n) is 12.7. The minimum Gasteiger partial charge on any atom is -0.756 e. The Bertz CT molecular complexity index is 3180. The van der Waals surface area contributed by atoms with Crippen molar-refractivity contribution in [2.24, 2.45) is 0 Å². The maximum atomic E-state index is 12.6. The topological polar surface area (TPSA) is 270 Å². The van der Waals surface area contributed by atoms with Gasteiger partial charge in [-0.1, -0.05) is 16.8 Å². The third-order valence-electron chi connectivity index (χ3n) is 8.85. The molecule has 24 heteroatoms. The van der Waals surface area contributed by atoms with E-state index in [-0.39, 0.29) is 105 Å². The first-order chi connectivity index (χ1) is 27.9. The number of halogens is 1. The predicted octanol–water partition coefficient (Wildman–Crippen LogP) is -3.15. The van der Waals surface area contributed by atoms with E-state index in [1.807, 2.05) is 24.0 Å². The van der Waals surface area contributed by atoms with E-state index in [1.54, 1.807) is 34.9 Å². The minimum absolute atomic E-state index is 0. The van der Waals surface area contributed by atoms with Crippen molar-refractivity contribution in [3.63, 3.8) is 0 Å². The zero-order chi connectivity index (χ0) is 42.3. The molecule has 3 aromatic carbocycles. The van der Waals surface area contributed by atoms with Crippen LogP contribution in [0.1, 0.15) is 12.5 Å². The van der Waals surface area contributed by atoms with Crippen LogP contribution in [0.15, 0.2) is 119 Å². The molecule has 2 N–H and O–H groups in total. The maximum Gasteiger partial charge on any atom is 1.00 e. The minimum atomic E-state index is -4.86. The van der Waals surface area contributed by atoms with Crippen LogP contribution in [0.2, 0.25) is 5.28 Å². The van der Waals surface area contributed by atoms with E-state index in [4.69, 9.17) is 21.3 Å². The Labute approximate surface area is 398 Å². The van der Waals surface area contributed by atoms with Crippen molar-refractivity contribution >= 4 is 75.2 Å². The van der Waals surface area contributed by atoms with Crippen LogP contribution in [0, 0.1) is 0 Å². The molecule has 304 valence electrons. The number of rotatable bonds is 10. The summed E-state index contributed by atoms with van der Waals surface area (Å²) in [6, 6.07) is 21.1. The molecular formula is C37H29ClN8Na2O10S3. The molecule has 61 heavy (non-hydrogen) atoms. The Kier molecular flexibility index (Phi) is 15.1. The number of ether oxygens (including phenoxy) is 1. The van der Waals surface area contributed by atoms with E-state index < -0.39 is 40.1 Å². The van der Waals surface area contributed by atoms with Crippen molar-refractivity contribution in [3.05, 3.63) is 125 Å². The van der Waals surface area contributed by atoms with E-state index in [2.05, 4.69) is 24.9 Å². The normalized spacial score (nSPS) is 13.7. The number of nitrogens with one attached hydrogen (secondary N) is 1. The van der Waals surface area contributed by atoms with Gasteiger partial charge >= 0.3 is 76.2 Å². The monoisotopic (exact) mass is 922 g/mol. The van der Waals surface area contributed by atoms with Gasteiger partial charge in [0.15, 0.2) is 0 Å². The Balaban J connectivity index is 0.00000352. The number of methoxy groups -OCH3 is 1. The third-order valence-corrected chi connectivity index (χ3v) is 11.6. The average Bonchev–Trinajstić information content (AvgIpc) is 3.18. The number of aromatic nitrogens is 5. The molecule has 7 rings (SSSR count). The molecule has 0 saturated carbocycles. The molecule has 0 radical (unpaired) electrons. The molecule has 18 nitrogen and oxygen atoms in total. The van der Waals surface area contributed by atoms with Gasteiger partial charge in [0.2, 0.25) is 11.2 Å². The van der Waals surface area contributed by atoms with Crippen molar-refractivity contribution < 1.29 is 103 Å². The first-order valence-corrected chi connectivity index (χ1v) is 21.7. The summed E-state index contributed by atoms with van der Waals surface area (Å²) < 4.78 is 117. The summed E-state index contributed by atoms with van der Waals surface area (Å²) in [5.74, 6) is -0.0679. The standard InChI is InChI=1S/C37H31ClN8O10S3.2Na/c1-3-45(21-22-5-4-6-28(17-22)58(50,51)52)26-11-16-30-33(20-26)46(25-9-12-27(13-10-25)57(47,48)49)32-18-23(7-14-29(32)41-30)39-31-15-8-24(19-34(31)59(53,54)55)40-36-42-35(38)43-37(44-36)56-2;;/h4-20H,3,21H2,1-2H3,(H4,40,41,42,43,44,47,48,49,50,51,52,53,54,55);;/q;2*+1/p-2. The number of benzene rings is 4. The van der Waals surface area contributed by atoms with Crippen LogP contribution >= 0.6 is 11.6 Å². The molecule has 0 fully saturated rings. The van der Waals surface area contributed by atoms with Crippen molar-refractivity contribution in [1.29, 1.82) is 0 Å². The summed E-state index contributed by atoms with van der Waals surface area (Å²) in [7, 11) is -13.0. The Hall–Kier alpha value is -4.00. The van der Waals surface area contributed by atoms with Gasteiger partial charge in [-0.05, 0) is 96.9 Å². The van der Waals surface area contributed by atoms with Gasteiger partial charge in [-0.15, -0.1) is 0 Å². The molecule has 1 aliphatic heterocycles. The fourth-order valence-corrected chi connectivity index (χ4v) is 8.00. The smallest absolute Gasteiger partial charge is 0.756 e. The van der Waals surface area contributed by atoms with Gasteiger partial charge in [0.05, 0.1) is 45.4 Å². The van der Waals surface area contributed by atoms with Crippen LogP contribution in [0.3, 0.4) is 0 Å². The average molecular weight is 923 g/mol. The number of fused-ring (bicyclic) bond motifs is 2. The molecule has 1 unspecified atom stereocenters. The van der Waals surface area contributed by atoms with E-state index in [9.17, 15) is 39.3 Å². The summed E-state index contributed by atoms with van der Waals surface area (Å²) in [5.41, 5.74) is 3.58. The molecule has 2 heterocycles. The molecule has 0 amide bonds. The van der Waals surface area contributed by atoms with Gasteiger partial charge in [0, 0.05) is 52.4 Å². The number of nitrogens with zero attached hydrogens (tertiary/aromatic N) is 7. The Morgan fingerprint density at radius 3 is 2.23 bits per heavy atom. The van der Waals surface area contributed by atoms with E-state index in [0.717, 1.165) is 6.08 Å². The maximum absolute atomic E-state index is 12.6. The van der Waals surface area contributed by atoms with Gasteiger partial charge in [-0.3, -0.25) is 4.21 Å². The van der Waals surface area contributed by atoms with Crippen LogP contribution in [0.5, 0.6) is 6.01 Å². The molecule has 4 aromatic rings. The van der Waals surface area contributed by atoms with E-state index in [1.165, 1.54) is 61.7 Å². The first kappa shape index (κ1) is 48.0.